The second-order valence-electron chi connectivity index (χ2n) is 11.6. The second kappa shape index (κ2) is 15.9. The summed E-state index contributed by atoms with van der Waals surface area (Å²) in [5, 5.41) is 23.2. The lowest BCUT2D eigenvalue weighted by atomic mass is 9.99. The van der Waals surface area contributed by atoms with Crippen LogP contribution in [0, 0.1) is 0 Å². The van der Waals surface area contributed by atoms with Gasteiger partial charge in [0.25, 0.3) is 0 Å². The highest BCUT2D eigenvalue weighted by Gasteiger charge is 2.40. The summed E-state index contributed by atoms with van der Waals surface area (Å²) in [5.41, 5.74) is 11.5. The third-order valence-electron chi connectivity index (χ3n) is 8.11. The first-order chi connectivity index (χ1) is 19.9. The summed E-state index contributed by atoms with van der Waals surface area (Å²) >= 11 is 2.10. The van der Waals surface area contributed by atoms with E-state index in [1.165, 1.54) is 36.1 Å². The molecule has 0 bridgehead atoms. The minimum absolute atomic E-state index is 0.398. The molecule has 2 saturated heterocycles. The monoisotopic (exact) mass is 578 g/mol. The van der Waals surface area contributed by atoms with Crippen molar-refractivity contribution in [1.29, 1.82) is 0 Å². The molecule has 2 aliphatic heterocycles. The molecule has 1 aromatic heterocycles. The predicted molar refractivity (Wildman–Crippen MR) is 173 cm³/mol. The maximum Gasteiger partial charge on any atom is 0.0918 e. The Balaban J connectivity index is 1.00. The molecule has 6 N–H and O–H groups in total. The van der Waals surface area contributed by atoms with Crippen molar-refractivity contribution in [2.24, 2.45) is 5.73 Å². The molecule has 8 nitrogen and oxygen atoms in total. The molecule has 0 radical (unpaired) electrons. The summed E-state index contributed by atoms with van der Waals surface area (Å²) in [5.74, 6) is 2.58. The van der Waals surface area contributed by atoms with Crippen molar-refractivity contribution in [2.75, 3.05) is 25.4 Å². The van der Waals surface area contributed by atoms with Gasteiger partial charge in [-0.15, -0.1) is 5.10 Å². The first kappa shape index (κ1) is 31.0. The van der Waals surface area contributed by atoms with Gasteiger partial charge in [0.1, 0.15) is 0 Å². The number of hydrogen-bond donors (Lipinski definition) is 5. The highest BCUT2D eigenvalue weighted by Crippen LogP contribution is 2.34. The van der Waals surface area contributed by atoms with E-state index in [-0.39, 0.29) is 0 Å². The van der Waals surface area contributed by atoms with Crippen LogP contribution in [0.5, 0.6) is 0 Å². The molecule has 0 aliphatic carbocycles. The zero-order chi connectivity index (χ0) is 29.0. The summed E-state index contributed by atoms with van der Waals surface area (Å²) in [4.78, 5) is 0. The van der Waals surface area contributed by atoms with Crippen molar-refractivity contribution in [3.8, 4) is 0 Å². The fraction of sp³-hybridized carbons (Fsp3) is 0.562. The second-order valence-corrected chi connectivity index (χ2v) is 12.8. The molecule has 2 aromatic rings. The van der Waals surface area contributed by atoms with Gasteiger partial charge in [-0.25, -0.2) is 4.68 Å². The zero-order valence-corrected chi connectivity index (χ0v) is 25.7. The number of aryl methyl sites for hydroxylation is 1. The third kappa shape index (κ3) is 9.85. The first-order valence-corrected chi connectivity index (χ1v) is 16.3. The van der Waals surface area contributed by atoms with Gasteiger partial charge in [0.05, 0.1) is 30.1 Å². The van der Waals surface area contributed by atoms with Gasteiger partial charge < -0.3 is 27.0 Å². The Kier molecular flexibility index (Phi) is 12.0. The fourth-order valence-electron chi connectivity index (χ4n) is 5.53. The Labute approximate surface area is 251 Å². The molecule has 41 heavy (non-hydrogen) atoms. The molecule has 2 fully saturated rings. The number of hydrogen-bond acceptors (Lipinski definition) is 8. The number of fused-ring (bicyclic) bond motifs is 1. The summed E-state index contributed by atoms with van der Waals surface area (Å²) in [6.07, 6.45) is 10.8. The fourth-order valence-corrected chi connectivity index (χ4v) is 7.07. The standard InChI is InChI=1S/C32H50N8S/c1-23(19-33)28-14-12-27(13-15-28)16-18-35-25(3)20-40-21-29(38-39-40)10-7-8-17-34-24(2)9-5-6-11-31-32-30(22-41-31)36-26(4)37-32/h12-15,21,23,30-32,34-37H,2-11,16-20,22,33H2,1H3. The third-order valence-corrected chi connectivity index (χ3v) is 9.61. The lowest BCUT2D eigenvalue weighted by Crippen LogP contribution is -2.36. The highest BCUT2D eigenvalue weighted by molar-refractivity contribution is 8.00. The summed E-state index contributed by atoms with van der Waals surface area (Å²) in [6.45, 7) is 17.7. The van der Waals surface area contributed by atoms with Gasteiger partial charge in [0.15, 0.2) is 0 Å². The number of unbranched alkanes of at least 4 members (excludes halogenated alkanes) is 2. The van der Waals surface area contributed by atoms with E-state index in [0.717, 1.165) is 68.1 Å². The minimum atomic E-state index is 0.398. The Morgan fingerprint density at radius 1 is 1.07 bits per heavy atom. The molecule has 0 spiro atoms. The van der Waals surface area contributed by atoms with Gasteiger partial charge in [0, 0.05) is 41.7 Å². The largest absolute Gasteiger partial charge is 0.389 e. The molecule has 4 atom stereocenters. The highest BCUT2D eigenvalue weighted by atomic mass is 32.2. The zero-order valence-electron chi connectivity index (χ0n) is 24.8. The van der Waals surface area contributed by atoms with E-state index in [4.69, 9.17) is 5.73 Å². The number of nitrogens with one attached hydrogen (secondary N) is 4. The van der Waals surface area contributed by atoms with E-state index in [0.29, 0.717) is 36.3 Å². The van der Waals surface area contributed by atoms with Gasteiger partial charge in [0.2, 0.25) is 0 Å². The Hall–Kier alpha value is -2.91. The van der Waals surface area contributed by atoms with E-state index < -0.39 is 0 Å². The van der Waals surface area contributed by atoms with Gasteiger partial charge in [-0.3, -0.25) is 0 Å². The average molecular weight is 579 g/mol. The van der Waals surface area contributed by atoms with E-state index in [1.807, 2.05) is 10.9 Å². The van der Waals surface area contributed by atoms with E-state index in [9.17, 15) is 0 Å². The number of nitrogens with two attached hydrogens (primary N) is 1. The quantitative estimate of drug-likeness (QED) is 0.158. The average Bonchev–Trinajstić information content (AvgIpc) is 3.67. The molecule has 9 heteroatoms. The number of nitrogens with zero attached hydrogens (tertiary/aromatic N) is 3. The number of allylic oxidation sites excluding steroid dienone is 2. The minimum Gasteiger partial charge on any atom is -0.389 e. The number of rotatable bonds is 19. The van der Waals surface area contributed by atoms with Crippen LogP contribution in [0.3, 0.4) is 0 Å². The van der Waals surface area contributed by atoms with Gasteiger partial charge in [-0.05, 0) is 68.5 Å². The topological polar surface area (TPSA) is 105 Å². The van der Waals surface area contributed by atoms with Crippen LogP contribution in [0.4, 0.5) is 0 Å². The molecule has 2 aliphatic rings. The molecule has 1 aromatic carbocycles. The van der Waals surface area contributed by atoms with Crippen molar-refractivity contribution in [3.63, 3.8) is 0 Å². The molecule has 4 rings (SSSR count). The summed E-state index contributed by atoms with van der Waals surface area (Å²) in [6, 6.07) is 9.86. The first-order valence-electron chi connectivity index (χ1n) is 15.3. The number of aromatic nitrogens is 3. The maximum absolute atomic E-state index is 5.77. The predicted octanol–water partition coefficient (Wildman–Crippen LogP) is 4.19. The Morgan fingerprint density at radius 3 is 2.68 bits per heavy atom. The van der Waals surface area contributed by atoms with Crippen LogP contribution in [-0.4, -0.2) is 57.7 Å². The molecule has 3 heterocycles. The van der Waals surface area contributed by atoms with Crippen molar-refractivity contribution >= 4 is 11.8 Å². The van der Waals surface area contributed by atoms with Crippen LogP contribution in [0.2, 0.25) is 0 Å². The van der Waals surface area contributed by atoms with Crippen molar-refractivity contribution in [2.45, 2.75) is 88.1 Å². The van der Waals surface area contributed by atoms with Gasteiger partial charge in [-0.2, -0.15) is 11.8 Å². The smallest absolute Gasteiger partial charge is 0.0918 e. The van der Waals surface area contributed by atoms with E-state index in [2.05, 4.69) is 94.3 Å². The van der Waals surface area contributed by atoms with Crippen LogP contribution in [-0.2, 0) is 19.4 Å². The molecule has 4 unspecified atom stereocenters. The van der Waals surface area contributed by atoms with Crippen LogP contribution in [0.25, 0.3) is 0 Å². The summed E-state index contributed by atoms with van der Waals surface area (Å²) in [7, 11) is 0. The van der Waals surface area contributed by atoms with Crippen LogP contribution in [0.15, 0.2) is 67.4 Å². The number of benzene rings is 1. The van der Waals surface area contributed by atoms with Crippen molar-refractivity contribution in [3.05, 3.63) is 84.2 Å². The molecular formula is C32H50N8S. The maximum atomic E-state index is 5.77. The van der Waals surface area contributed by atoms with Crippen molar-refractivity contribution in [1.82, 2.24) is 36.3 Å². The number of thioether (sulfide) groups is 1. The van der Waals surface area contributed by atoms with E-state index >= 15 is 0 Å². The lowest BCUT2D eigenvalue weighted by Gasteiger charge is -2.17. The summed E-state index contributed by atoms with van der Waals surface area (Å²) < 4.78 is 1.87. The van der Waals surface area contributed by atoms with Crippen LogP contribution >= 0.6 is 11.8 Å². The van der Waals surface area contributed by atoms with Crippen LogP contribution < -0.4 is 27.0 Å². The molecular weight excluding hydrogens is 528 g/mol. The Morgan fingerprint density at radius 2 is 1.88 bits per heavy atom. The van der Waals surface area contributed by atoms with Gasteiger partial charge in [-0.1, -0.05) is 62.6 Å². The SMILES string of the molecule is C=C(CCCCC1SCC2NC(=C)NC21)NCCCCc1cn(CC(=C)NCCc2ccc(C(C)CN)cc2)nn1. The van der Waals surface area contributed by atoms with E-state index in [1.54, 1.807) is 0 Å². The normalized spacial score (nSPS) is 20.2. The van der Waals surface area contributed by atoms with Crippen molar-refractivity contribution < 1.29 is 0 Å². The Bertz CT molecular complexity index is 1130. The van der Waals surface area contributed by atoms with Crippen LogP contribution in [0.1, 0.15) is 68.2 Å². The molecule has 0 saturated carbocycles. The lowest BCUT2D eigenvalue weighted by molar-refractivity contribution is 0.513. The molecule has 224 valence electrons. The van der Waals surface area contributed by atoms with Gasteiger partial charge >= 0.3 is 0 Å². The molecule has 0 amide bonds.